The molecule has 8 nitrogen and oxygen atoms in total. The summed E-state index contributed by atoms with van der Waals surface area (Å²) in [5.74, 6) is 0.0249. The Balaban J connectivity index is 1.62. The van der Waals surface area contributed by atoms with Gasteiger partial charge in [-0.1, -0.05) is 0 Å². The third-order valence-corrected chi connectivity index (χ3v) is 5.86. The molecule has 10 heteroatoms. The predicted molar refractivity (Wildman–Crippen MR) is 110 cm³/mol. The van der Waals surface area contributed by atoms with E-state index in [0.29, 0.717) is 28.6 Å². The van der Waals surface area contributed by atoms with Crippen molar-refractivity contribution in [1.82, 2.24) is 29.3 Å². The lowest BCUT2D eigenvalue weighted by molar-refractivity contribution is -0.119. The number of carbonyl (C=O) groups excluding carboxylic acids is 1. The van der Waals surface area contributed by atoms with Crippen LogP contribution in [0.5, 0.6) is 0 Å². The predicted octanol–water partition coefficient (Wildman–Crippen LogP) is 3.01. The van der Waals surface area contributed by atoms with E-state index in [2.05, 4.69) is 30.2 Å². The smallest absolute Gasteiger partial charge is 0.242 e. The molecule has 4 aromatic rings. The zero-order valence-electron chi connectivity index (χ0n) is 16.3. The number of aryl methyl sites for hydroxylation is 1. The van der Waals surface area contributed by atoms with Crippen molar-refractivity contribution in [1.29, 1.82) is 0 Å². The maximum atomic E-state index is 13.3. The third kappa shape index (κ3) is 2.67. The summed E-state index contributed by atoms with van der Waals surface area (Å²) in [7, 11) is 0. The number of hydrogen-bond acceptors (Lipinski definition) is 7. The number of carbonyl (C=O) groups is 1. The summed E-state index contributed by atoms with van der Waals surface area (Å²) < 4.78 is 15.2. The van der Waals surface area contributed by atoms with E-state index in [1.807, 2.05) is 30.0 Å². The molecular weight excluding hydrogens is 405 g/mol. The van der Waals surface area contributed by atoms with Gasteiger partial charge in [-0.15, -0.1) is 11.8 Å². The Bertz CT molecular complexity index is 1320. The highest BCUT2D eigenvalue weighted by Gasteiger charge is 2.46. The van der Waals surface area contributed by atoms with Crippen LogP contribution in [0.15, 0.2) is 41.9 Å². The number of fused-ring (bicyclic) bond motifs is 2. The first kappa shape index (κ1) is 18.6. The molecule has 1 aliphatic heterocycles. The number of hydrogen-bond donors (Lipinski definition) is 1. The van der Waals surface area contributed by atoms with Gasteiger partial charge in [0.25, 0.3) is 0 Å². The fourth-order valence-corrected chi connectivity index (χ4v) is 4.11. The Morgan fingerprint density at radius 2 is 1.97 bits per heavy atom. The minimum absolute atomic E-state index is 0.290. The molecule has 1 N–H and O–H groups in total. The van der Waals surface area contributed by atoms with Crippen LogP contribution in [0.2, 0.25) is 0 Å². The Morgan fingerprint density at radius 3 is 2.70 bits per heavy atom. The lowest BCUT2D eigenvalue weighted by atomic mass is 9.81. The molecule has 0 aliphatic carbocycles. The molecule has 0 fully saturated rings. The second-order valence-corrected chi connectivity index (χ2v) is 7.94. The summed E-state index contributed by atoms with van der Waals surface area (Å²) in [6.07, 6.45) is 8.35. The SMILES string of the molecule is CSc1nc(-c2ncc3c(n2)NC(=O)C3(C)c2ccc(F)cn2)cn2cc(C)nc12. The van der Waals surface area contributed by atoms with Crippen molar-refractivity contribution >= 4 is 29.1 Å². The zero-order chi connectivity index (χ0) is 21.0. The number of rotatable bonds is 3. The largest absolute Gasteiger partial charge is 0.309 e. The Hall–Kier alpha value is -3.40. The average Bonchev–Trinajstić information content (AvgIpc) is 3.24. The van der Waals surface area contributed by atoms with Crippen molar-refractivity contribution in [2.24, 2.45) is 0 Å². The fourth-order valence-electron chi connectivity index (χ4n) is 3.58. The number of nitrogens with zero attached hydrogens (tertiary/aromatic N) is 6. The van der Waals surface area contributed by atoms with Gasteiger partial charge in [-0.25, -0.2) is 24.3 Å². The minimum atomic E-state index is -1.11. The Labute approximate surface area is 175 Å². The van der Waals surface area contributed by atoms with Crippen molar-refractivity contribution in [2.45, 2.75) is 24.3 Å². The summed E-state index contributed by atoms with van der Waals surface area (Å²) in [6, 6.07) is 2.78. The van der Waals surface area contributed by atoms with Crippen LogP contribution in [0.1, 0.15) is 23.9 Å². The highest BCUT2D eigenvalue weighted by molar-refractivity contribution is 7.98. The topological polar surface area (TPSA) is 98.0 Å². The standard InChI is InChI=1S/C20H16FN7OS/c1-10-8-28-9-13(25-18(30-3)17(28)24-10)16-23-7-12-15(26-16)27-19(29)20(12,2)14-5-4-11(21)6-22-14/h4-9H,1-3H3,(H,23,26,27,29). The van der Waals surface area contributed by atoms with Crippen LogP contribution in [0, 0.1) is 12.7 Å². The first-order chi connectivity index (χ1) is 14.4. The molecule has 1 aliphatic rings. The molecule has 0 aromatic carbocycles. The second-order valence-electron chi connectivity index (χ2n) is 7.15. The lowest BCUT2D eigenvalue weighted by Gasteiger charge is -2.20. The molecule has 0 spiro atoms. The van der Waals surface area contributed by atoms with Crippen molar-refractivity contribution in [3.05, 3.63) is 59.7 Å². The van der Waals surface area contributed by atoms with E-state index < -0.39 is 11.2 Å². The molecule has 5 rings (SSSR count). The molecule has 0 radical (unpaired) electrons. The molecule has 0 saturated carbocycles. The van der Waals surface area contributed by atoms with E-state index in [0.717, 1.165) is 22.6 Å². The number of imidazole rings is 1. The normalized spacial score (nSPS) is 17.9. The minimum Gasteiger partial charge on any atom is -0.309 e. The number of halogens is 1. The fraction of sp³-hybridized carbons (Fsp3) is 0.200. The van der Waals surface area contributed by atoms with Gasteiger partial charge in [0.05, 0.1) is 17.6 Å². The molecule has 5 heterocycles. The van der Waals surface area contributed by atoms with Crippen LogP contribution in [-0.4, -0.2) is 41.5 Å². The molecule has 1 atom stereocenters. The van der Waals surface area contributed by atoms with Crippen molar-refractivity contribution in [3.8, 4) is 11.5 Å². The van der Waals surface area contributed by atoms with Crippen LogP contribution in [0.3, 0.4) is 0 Å². The zero-order valence-corrected chi connectivity index (χ0v) is 17.2. The first-order valence-corrected chi connectivity index (χ1v) is 10.3. The van der Waals surface area contributed by atoms with Crippen molar-refractivity contribution < 1.29 is 9.18 Å². The highest BCUT2D eigenvalue weighted by Crippen LogP contribution is 2.41. The molecule has 0 saturated heterocycles. The van der Waals surface area contributed by atoms with Crippen LogP contribution >= 0.6 is 11.8 Å². The first-order valence-electron chi connectivity index (χ1n) is 9.12. The lowest BCUT2D eigenvalue weighted by Crippen LogP contribution is -2.33. The van der Waals surface area contributed by atoms with E-state index >= 15 is 0 Å². The van der Waals surface area contributed by atoms with E-state index in [4.69, 9.17) is 0 Å². The second kappa shape index (κ2) is 6.56. The molecule has 30 heavy (non-hydrogen) atoms. The van der Waals surface area contributed by atoms with E-state index in [1.54, 1.807) is 13.1 Å². The van der Waals surface area contributed by atoms with E-state index in [9.17, 15) is 9.18 Å². The summed E-state index contributed by atoms with van der Waals surface area (Å²) in [6.45, 7) is 3.64. The van der Waals surface area contributed by atoms with Crippen LogP contribution in [0.4, 0.5) is 10.2 Å². The van der Waals surface area contributed by atoms with Gasteiger partial charge in [-0.05, 0) is 32.2 Å². The average molecular weight is 421 g/mol. The number of nitrogens with one attached hydrogen (secondary N) is 1. The summed E-state index contributed by atoms with van der Waals surface area (Å²) in [5.41, 5.74) is 2.12. The van der Waals surface area contributed by atoms with E-state index in [1.165, 1.54) is 23.9 Å². The maximum absolute atomic E-state index is 13.3. The molecule has 4 aromatic heterocycles. The maximum Gasteiger partial charge on any atom is 0.242 e. The number of amides is 1. The molecular formula is C20H16FN7OS. The van der Waals surface area contributed by atoms with Gasteiger partial charge in [-0.3, -0.25) is 9.78 Å². The number of pyridine rings is 1. The molecule has 1 unspecified atom stereocenters. The summed E-state index contributed by atoms with van der Waals surface area (Å²) in [5, 5.41) is 3.56. The number of thioether (sulfide) groups is 1. The molecule has 150 valence electrons. The van der Waals surface area contributed by atoms with Gasteiger partial charge in [0.1, 0.15) is 27.8 Å². The third-order valence-electron chi connectivity index (χ3n) is 5.20. The van der Waals surface area contributed by atoms with Crippen LogP contribution < -0.4 is 5.32 Å². The van der Waals surface area contributed by atoms with Gasteiger partial charge < -0.3 is 9.72 Å². The Morgan fingerprint density at radius 1 is 1.13 bits per heavy atom. The number of anilines is 1. The van der Waals surface area contributed by atoms with E-state index in [-0.39, 0.29) is 5.91 Å². The summed E-state index contributed by atoms with van der Waals surface area (Å²) in [4.78, 5) is 35.1. The summed E-state index contributed by atoms with van der Waals surface area (Å²) >= 11 is 1.49. The van der Waals surface area contributed by atoms with Gasteiger partial charge >= 0.3 is 0 Å². The molecule has 1 amide bonds. The van der Waals surface area contributed by atoms with Gasteiger partial charge in [0, 0.05) is 24.2 Å². The highest BCUT2D eigenvalue weighted by atomic mass is 32.2. The van der Waals surface area contributed by atoms with Crippen molar-refractivity contribution in [3.63, 3.8) is 0 Å². The quantitative estimate of drug-likeness (QED) is 0.508. The van der Waals surface area contributed by atoms with Crippen LogP contribution in [0.25, 0.3) is 17.2 Å². The Kier molecular flexibility index (Phi) is 4.07. The van der Waals surface area contributed by atoms with Gasteiger partial charge in [0.2, 0.25) is 5.91 Å². The number of aromatic nitrogens is 6. The molecule has 0 bridgehead atoms. The van der Waals surface area contributed by atoms with Gasteiger partial charge in [-0.2, -0.15) is 0 Å². The van der Waals surface area contributed by atoms with Gasteiger partial charge in [0.15, 0.2) is 11.5 Å². The van der Waals surface area contributed by atoms with Crippen LogP contribution in [-0.2, 0) is 10.2 Å². The van der Waals surface area contributed by atoms with Crippen molar-refractivity contribution in [2.75, 3.05) is 11.6 Å². The monoisotopic (exact) mass is 421 g/mol.